The molecule has 1 atom stereocenters. The van der Waals surface area contributed by atoms with Crippen molar-refractivity contribution in [3.8, 4) is 0 Å². The van der Waals surface area contributed by atoms with Gasteiger partial charge in [-0.1, -0.05) is 6.92 Å². The van der Waals surface area contributed by atoms with Crippen LogP contribution in [0.5, 0.6) is 0 Å². The molecule has 92 valence electrons. The van der Waals surface area contributed by atoms with Crippen LogP contribution in [0, 0.1) is 0 Å². The molecule has 0 amide bonds. The van der Waals surface area contributed by atoms with E-state index in [0.717, 1.165) is 18.7 Å². The Morgan fingerprint density at radius 3 is 2.62 bits per heavy atom. The van der Waals surface area contributed by atoms with Gasteiger partial charge in [-0.05, 0) is 13.5 Å². The molecule has 0 saturated carbocycles. The van der Waals surface area contributed by atoms with E-state index in [1.807, 2.05) is 20.0 Å². The van der Waals surface area contributed by atoms with Crippen LogP contribution < -0.4 is 5.32 Å². The maximum Gasteiger partial charge on any atom is 0.149 e. The minimum Gasteiger partial charge on any atom is -0.309 e. The van der Waals surface area contributed by atoms with E-state index in [1.54, 1.807) is 10.9 Å². The average molecular weight is 245 g/mol. The highest BCUT2D eigenvalue weighted by molar-refractivity contribution is 7.90. The van der Waals surface area contributed by atoms with Crippen molar-refractivity contribution in [2.24, 2.45) is 0 Å². The van der Waals surface area contributed by atoms with Crippen molar-refractivity contribution in [2.45, 2.75) is 26.4 Å². The Morgan fingerprint density at radius 2 is 2.19 bits per heavy atom. The first-order chi connectivity index (χ1) is 7.46. The number of rotatable bonds is 6. The number of aryl methyl sites for hydroxylation is 1. The highest BCUT2D eigenvalue weighted by Crippen LogP contribution is 2.14. The van der Waals surface area contributed by atoms with Gasteiger partial charge in [-0.15, -0.1) is 0 Å². The Labute approximate surface area is 96.8 Å². The largest absolute Gasteiger partial charge is 0.309 e. The summed E-state index contributed by atoms with van der Waals surface area (Å²) >= 11 is 0. The lowest BCUT2D eigenvalue weighted by atomic mass is 10.2. The van der Waals surface area contributed by atoms with E-state index >= 15 is 0 Å². The van der Waals surface area contributed by atoms with Crippen LogP contribution in [0.4, 0.5) is 0 Å². The number of hydrogen-bond donors (Lipinski definition) is 1. The number of nitrogens with zero attached hydrogens (tertiary/aromatic N) is 2. The molecule has 1 N–H and O–H groups in total. The molecule has 16 heavy (non-hydrogen) atoms. The second-order valence-electron chi connectivity index (χ2n) is 3.83. The van der Waals surface area contributed by atoms with Gasteiger partial charge in [-0.2, -0.15) is 5.10 Å². The Hall–Kier alpha value is -0.880. The monoisotopic (exact) mass is 245 g/mol. The first-order valence-electron chi connectivity index (χ1n) is 5.39. The molecule has 1 rings (SSSR count). The van der Waals surface area contributed by atoms with Crippen LogP contribution in [-0.2, 0) is 16.4 Å². The lowest BCUT2D eigenvalue weighted by molar-refractivity contribution is 0.562. The normalized spacial score (nSPS) is 13.9. The first-order valence-corrected chi connectivity index (χ1v) is 7.45. The van der Waals surface area contributed by atoms with Gasteiger partial charge < -0.3 is 5.32 Å². The molecule has 0 aromatic carbocycles. The maximum absolute atomic E-state index is 11.3. The summed E-state index contributed by atoms with van der Waals surface area (Å²) in [5, 5.41) is 7.31. The fourth-order valence-corrected chi connectivity index (χ4v) is 2.47. The van der Waals surface area contributed by atoms with Crippen LogP contribution in [0.25, 0.3) is 0 Å². The Kier molecular flexibility index (Phi) is 4.49. The van der Waals surface area contributed by atoms with Gasteiger partial charge in [-0.25, -0.2) is 8.42 Å². The smallest absolute Gasteiger partial charge is 0.149 e. The lowest BCUT2D eigenvalue weighted by Crippen LogP contribution is -2.27. The van der Waals surface area contributed by atoms with Gasteiger partial charge in [0.15, 0.2) is 0 Å². The first kappa shape index (κ1) is 13.2. The van der Waals surface area contributed by atoms with Gasteiger partial charge in [0.2, 0.25) is 0 Å². The molecule has 5 nitrogen and oxygen atoms in total. The molecule has 1 heterocycles. The molecule has 1 aromatic rings. The summed E-state index contributed by atoms with van der Waals surface area (Å²) in [6.07, 6.45) is 4.86. The van der Waals surface area contributed by atoms with Crippen LogP contribution in [-0.4, -0.2) is 36.8 Å². The third-order valence-electron chi connectivity index (χ3n) is 2.30. The second kappa shape index (κ2) is 5.45. The molecule has 0 aliphatic carbocycles. The van der Waals surface area contributed by atoms with E-state index in [9.17, 15) is 8.42 Å². The zero-order chi connectivity index (χ0) is 12.2. The van der Waals surface area contributed by atoms with Crippen molar-refractivity contribution in [3.05, 3.63) is 18.0 Å². The van der Waals surface area contributed by atoms with Crippen molar-refractivity contribution in [1.29, 1.82) is 0 Å². The van der Waals surface area contributed by atoms with Crippen molar-refractivity contribution < 1.29 is 8.42 Å². The molecule has 0 aliphatic heterocycles. The van der Waals surface area contributed by atoms with E-state index < -0.39 is 9.84 Å². The van der Waals surface area contributed by atoms with E-state index in [4.69, 9.17) is 0 Å². The SMILES string of the molecule is CCNC(CS(C)(=O)=O)c1cnn(CC)c1. The Bertz CT molecular complexity index is 425. The number of sulfone groups is 1. The van der Waals surface area contributed by atoms with Gasteiger partial charge >= 0.3 is 0 Å². The van der Waals surface area contributed by atoms with E-state index in [1.165, 1.54) is 6.26 Å². The molecular weight excluding hydrogens is 226 g/mol. The van der Waals surface area contributed by atoms with Crippen molar-refractivity contribution >= 4 is 9.84 Å². The molecule has 1 unspecified atom stereocenters. The lowest BCUT2D eigenvalue weighted by Gasteiger charge is -2.14. The van der Waals surface area contributed by atoms with Crippen LogP contribution in [0.15, 0.2) is 12.4 Å². The molecular formula is C10H19N3O2S. The van der Waals surface area contributed by atoms with Crippen LogP contribution in [0.2, 0.25) is 0 Å². The van der Waals surface area contributed by atoms with Crippen LogP contribution >= 0.6 is 0 Å². The van der Waals surface area contributed by atoms with Gasteiger partial charge in [0.1, 0.15) is 9.84 Å². The summed E-state index contributed by atoms with van der Waals surface area (Å²) in [5.41, 5.74) is 0.925. The average Bonchev–Trinajstić information content (AvgIpc) is 2.63. The van der Waals surface area contributed by atoms with Gasteiger partial charge in [-0.3, -0.25) is 4.68 Å². The minimum atomic E-state index is -2.99. The molecule has 0 fully saturated rings. The predicted octanol–water partition coefficient (Wildman–Crippen LogP) is 0.598. The number of nitrogens with one attached hydrogen (secondary N) is 1. The summed E-state index contributed by atoms with van der Waals surface area (Å²) in [7, 11) is -2.99. The van der Waals surface area contributed by atoms with Gasteiger partial charge in [0, 0.05) is 30.6 Å². The van der Waals surface area contributed by atoms with E-state index in [-0.39, 0.29) is 11.8 Å². The topological polar surface area (TPSA) is 64.0 Å². The van der Waals surface area contributed by atoms with Crippen LogP contribution in [0.3, 0.4) is 0 Å². The fourth-order valence-electron chi connectivity index (χ4n) is 1.55. The molecule has 0 bridgehead atoms. The Balaban J connectivity index is 2.84. The Morgan fingerprint density at radius 1 is 1.50 bits per heavy atom. The summed E-state index contributed by atoms with van der Waals surface area (Å²) < 4.78 is 24.4. The predicted molar refractivity (Wildman–Crippen MR) is 64.0 cm³/mol. The number of aromatic nitrogens is 2. The van der Waals surface area contributed by atoms with Crippen molar-refractivity contribution in [1.82, 2.24) is 15.1 Å². The fraction of sp³-hybridized carbons (Fsp3) is 0.700. The quantitative estimate of drug-likeness (QED) is 0.797. The van der Waals surface area contributed by atoms with E-state index in [2.05, 4.69) is 10.4 Å². The summed E-state index contributed by atoms with van der Waals surface area (Å²) in [4.78, 5) is 0. The standard InChI is InChI=1S/C10H19N3O2S/c1-4-11-10(8-16(3,14)15)9-6-12-13(5-2)7-9/h6-7,10-11H,4-5,8H2,1-3H3. The molecule has 1 aromatic heterocycles. The molecule has 0 spiro atoms. The summed E-state index contributed by atoms with van der Waals surface area (Å²) in [5.74, 6) is 0.107. The number of hydrogen-bond acceptors (Lipinski definition) is 4. The minimum absolute atomic E-state index is 0.107. The summed E-state index contributed by atoms with van der Waals surface area (Å²) in [6.45, 7) is 5.48. The second-order valence-corrected chi connectivity index (χ2v) is 6.02. The maximum atomic E-state index is 11.3. The van der Waals surface area contributed by atoms with Crippen molar-refractivity contribution in [3.63, 3.8) is 0 Å². The highest BCUT2D eigenvalue weighted by atomic mass is 32.2. The highest BCUT2D eigenvalue weighted by Gasteiger charge is 2.17. The molecule has 0 radical (unpaired) electrons. The van der Waals surface area contributed by atoms with E-state index in [0.29, 0.717) is 0 Å². The zero-order valence-corrected chi connectivity index (χ0v) is 10.8. The zero-order valence-electron chi connectivity index (χ0n) is 9.97. The van der Waals surface area contributed by atoms with Gasteiger partial charge in [0.05, 0.1) is 11.9 Å². The molecule has 0 saturated heterocycles. The third kappa shape index (κ3) is 3.94. The molecule has 0 aliphatic rings. The molecule has 6 heteroatoms. The summed E-state index contributed by atoms with van der Waals surface area (Å²) in [6, 6.07) is -0.166. The van der Waals surface area contributed by atoms with Crippen LogP contribution in [0.1, 0.15) is 25.5 Å². The van der Waals surface area contributed by atoms with Crippen molar-refractivity contribution in [2.75, 3.05) is 18.6 Å². The third-order valence-corrected chi connectivity index (χ3v) is 3.24. The van der Waals surface area contributed by atoms with Gasteiger partial charge in [0.25, 0.3) is 0 Å².